The lowest BCUT2D eigenvalue weighted by Crippen LogP contribution is -2.29. The highest BCUT2D eigenvalue weighted by Gasteiger charge is 2.36. The van der Waals surface area contributed by atoms with E-state index in [0.717, 1.165) is 33.4 Å². The third kappa shape index (κ3) is 3.43. The lowest BCUT2D eigenvalue weighted by Gasteiger charge is -2.32. The SMILES string of the molecule is Cc1ccc(-c2ccc3ccccc3c2)c(C(O)(c2ccccc2)c2ccccc2)c1. The minimum Gasteiger partial charge on any atom is -0.376 e. The van der Waals surface area contributed by atoms with Gasteiger partial charge in [-0.3, -0.25) is 0 Å². The summed E-state index contributed by atoms with van der Waals surface area (Å²) in [5.74, 6) is 0. The van der Waals surface area contributed by atoms with Crippen LogP contribution in [0.1, 0.15) is 22.3 Å². The van der Waals surface area contributed by atoms with Crippen molar-refractivity contribution in [1.82, 2.24) is 0 Å². The number of hydrogen-bond acceptors (Lipinski definition) is 1. The van der Waals surface area contributed by atoms with Crippen LogP contribution >= 0.6 is 0 Å². The van der Waals surface area contributed by atoms with Gasteiger partial charge in [-0.2, -0.15) is 0 Å². The fourth-order valence-corrected chi connectivity index (χ4v) is 4.40. The monoisotopic (exact) mass is 400 g/mol. The van der Waals surface area contributed by atoms with E-state index in [2.05, 4.69) is 67.6 Å². The van der Waals surface area contributed by atoms with Crippen LogP contribution in [0.5, 0.6) is 0 Å². The minimum atomic E-state index is -1.27. The molecule has 0 aliphatic rings. The van der Waals surface area contributed by atoms with Crippen molar-refractivity contribution in [1.29, 1.82) is 0 Å². The van der Waals surface area contributed by atoms with Gasteiger partial charge in [-0.1, -0.05) is 121 Å². The first-order chi connectivity index (χ1) is 15.2. The van der Waals surface area contributed by atoms with Gasteiger partial charge >= 0.3 is 0 Å². The van der Waals surface area contributed by atoms with Crippen molar-refractivity contribution in [2.24, 2.45) is 0 Å². The van der Waals surface area contributed by atoms with Gasteiger partial charge in [-0.15, -0.1) is 0 Å². The summed E-state index contributed by atoms with van der Waals surface area (Å²) in [5, 5.41) is 14.8. The summed E-state index contributed by atoms with van der Waals surface area (Å²) >= 11 is 0. The van der Waals surface area contributed by atoms with Gasteiger partial charge in [0.05, 0.1) is 0 Å². The fourth-order valence-electron chi connectivity index (χ4n) is 4.40. The van der Waals surface area contributed by atoms with Crippen molar-refractivity contribution in [3.8, 4) is 11.1 Å². The smallest absolute Gasteiger partial charge is 0.141 e. The van der Waals surface area contributed by atoms with Crippen LogP contribution < -0.4 is 0 Å². The molecule has 0 amide bonds. The van der Waals surface area contributed by atoms with E-state index in [1.165, 1.54) is 10.8 Å². The zero-order chi connectivity index (χ0) is 21.3. The van der Waals surface area contributed by atoms with Gasteiger partial charge in [-0.25, -0.2) is 0 Å². The molecule has 1 nitrogen and oxygen atoms in total. The molecule has 0 heterocycles. The van der Waals surface area contributed by atoms with Gasteiger partial charge in [0, 0.05) is 5.56 Å². The van der Waals surface area contributed by atoms with Crippen molar-refractivity contribution < 1.29 is 5.11 Å². The first-order valence-corrected chi connectivity index (χ1v) is 10.6. The van der Waals surface area contributed by atoms with E-state index in [-0.39, 0.29) is 0 Å². The predicted molar refractivity (Wildman–Crippen MR) is 129 cm³/mol. The Balaban J connectivity index is 1.80. The zero-order valence-corrected chi connectivity index (χ0v) is 17.5. The zero-order valence-electron chi connectivity index (χ0n) is 17.5. The molecule has 0 atom stereocenters. The number of rotatable bonds is 4. The normalized spacial score (nSPS) is 11.5. The number of benzene rings is 5. The molecule has 1 N–H and O–H groups in total. The van der Waals surface area contributed by atoms with Crippen LogP contribution in [0.15, 0.2) is 121 Å². The molecule has 0 aliphatic heterocycles. The molecule has 5 rings (SSSR count). The topological polar surface area (TPSA) is 20.2 Å². The average Bonchev–Trinajstić information content (AvgIpc) is 2.84. The van der Waals surface area contributed by atoms with Crippen molar-refractivity contribution in [3.63, 3.8) is 0 Å². The van der Waals surface area contributed by atoms with Crippen LogP contribution in [0.25, 0.3) is 21.9 Å². The van der Waals surface area contributed by atoms with Crippen molar-refractivity contribution in [2.75, 3.05) is 0 Å². The molecular weight excluding hydrogens is 376 g/mol. The average molecular weight is 401 g/mol. The van der Waals surface area contributed by atoms with Gasteiger partial charge in [0.1, 0.15) is 5.60 Å². The molecule has 0 saturated heterocycles. The fraction of sp³-hybridized carbons (Fsp3) is 0.0667. The molecule has 0 aliphatic carbocycles. The molecule has 31 heavy (non-hydrogen) atoms. The quantitative estimate of drug-likeness (QED) is 0.319. The lowest BCUT2D eigenvalue weighted by molar-refractivity contribution is 0.126. The molecule has 0 fully saturated rings. The van der Waals surface area contributed by atoms with Crippen LogP contribution in [0, 0.1) is 6.92 Å². The molecule has 0 radical (unpaired) electrons. The number of hydrogen-bond donors (Lipinski definition) is 1. The van der Waals surface area contributed by atoms with Gasteiger partial charge in [-0.05, 0) is 46.0 Å². The second-order valence-electron chi connectivity index (χ2n) is 8.05. The highest BCUT2D eigenvalue weighted by atomic mass is 16.3. The summed E-state index contributed by atoms with van der Waals surface area (Å²) in [4.78, 5) is 0. The Morgan fingerprint density at radius 3 is 1.77 bits per heavy atom. The molecule has 0 aromatic heterocycles. The van der Waals surface area contributed by atoms with Crippen LogP contribution in [0.2, 0.25) is 0 Å². The number of aliphatic hydroxyl groups is 1. The summed E-state index contributed by atoms with van der Waals surface area (Å²) in [5.41, 5.74) is 4.58. The Labute approximate surface area is 183 Å². The van der Waals surface area contributed by atoms with Gasteiger partial charge in [0.15, 0.2) is 0 Å². The predicted octanol–water partition coefficient (Wildman–Crippen LogP) is 7.10. The molecule has 150 valence electrons. The maximum atomic E-state index is 12.4. The van der Waals surface area contributed by atoms with Gasteiger partial charge < -0.3 is 5.11 Å². The van der Waals surface area contributed by atoms with E-state index < -0.39 is 5.60 Å². The Kier molecular flexibility index (Phi) is 4.89. The van der Waals surface area contributed by atoms with Gasteiger partial charge in [0.2, 0.25) is 0 Å². The minimum absolute atomic E-state index is 0.855. The molecular formula is C30H24O. The third-order valence-corrected chi connectivity index (χ3v) is 6.01. The molecule has 0 bridgehead atoms. The maximum absolute atomic E-state index is 12.4. The largest absolute Gasteiger partial charge is 0.376 e. The van der Waals surface area contributed by atoms with Crippen LogP contribution in [-0.4, -0.2) is 5.11 Å². The maximum Gasteiger partial charge on any atom is 0.141 e. The Morgan fingerprint density at radius 2 is 1.13 bits per heavy atom. The second-order valence-corrected chi connectivity index (χ2v) is 8.05. The van der Waals surface area contributed by atoms with E-state index in [9.17, 15) is 5.11 Å². The molecule has 5 aromatic carbocycles. The van der Waals surface area contributed by atoms with E-state index in [4.69, 9.17) is 0 Å². The molecule has 0 unspecified atom stereocenters. The summed E-state index contributed by atoms with van der Waals surface area (Å²) in [6.45, 7) is 2.07. The van der Waals surface area contributed by atoms with E-state index in [1.807, 2.05) is 60.7 Å². The lowest BCUT2D eigenvalue weighted by atomic mass is 9.76. The van der Waals surface area contributed by atoms with Crippen LogP contribution in [0.4, 0.5) is 0 Å². The molecule has 0 spiro atoms. The van der Waals surface area contributed by atoms with Gasteiger partial charge in [0.25, 0.3) is 0 Å². The Hall–Kier alpha value is -3.68. The molecule has 5 aromatic rings. The first kappa shape index (κ1) is 19.3. The standard InChI is InChI=1S/C30H24O/c1-22-16-19-28(25-18-17-23-10-8-9-11-24(23)21-25)29(20-22)30(31,26-12-4-2-5-13-26)27-14-6-3-7-15-27/h2-21,31H,1H3. The molecule has 1 heteroatoms. The van der Waals surface area contributed by atoms with Crippen LogP contribution in [-0.2, 0) is 5.60 Å². The summed E-state index contributed by atoms with van der Waals surface area (Å²) in [6.07, 6.45) is 0. The van der Waals surface area contributed by atoms with Crippen molar-refractivity contribution in [3.05, 3.63) is 144 Å². The summed E-state index contributed by atoms with van der Waals surface area (Å²) in [6, 6.07) is 41.1. The Morgan fingerprint density at radius 1 is 0.548 bits per heavy atom. The summed E-state index contributed by atoms with van der Waals surface area (Å²) < 4.78 is 0. The third-order valence-electron chi connectivity index (χ3n) is 6.01. The number of aryl methyl sites for hydroxylation is 1. The van der Waals surface area contributed by atoms with E-state index >= 15 is 0 Å². The second kappa shape index (κ2) is 7.86. The molecule has 0 saturated carbocycles. The summed E-state index contributed by atoms with van der Waals surface area (Å²) in [7, 11) is 0. The van der Waals surface area contributed by atoms with E-state index in [0.29, 0.717) is 0 Å². The number of fused-ring (bicyclic) bond motifs is 1. The van der Waals surface area contributed by atoms with Crippen molar-refractivity contribution in [2.45, 2.75) is 12.5 Å². The Bertz CT molecular complexity index is 1300. The van der Waals surface area contributed by atoms with Crippen LogP contribution in [0.3, 0.4) is 0 Å². The highest BCUT2D eigenvalue weighted by Crippen LogP contribution is 2.42. The highest BCUT2D eigenvalue weighted by molar-refractivity contribution is 5.88. The first-order valence-electron chi connectivity index (χ1n) is 10.6. The van der Waals surface area contributed by atoms with Crippen molar-refractivity contribution >= 4 is 10.8 Å². The van der Waals surface area contributed by atoms with E-state index in [1.54, 1.807) is 0 Å².